The Labute approximate surface area is 132 Å². The zero-order chi connectivity index (χ0) is 16.0. The molecule has 2 atom stereocenters. The lowest BCUT2D eigenvalue weighted by atomic mass is 9.55. The van der Waals surface area contributed by atoms with E-state index in [1.807, 2.05) is 30.1 Å². The van der Waals surface area contributed by atoms with Crippen LogP contribution in [0.1, 0.15) is 32.3 Å². The zero-order valence-corrected chi connectivity index (χ0v) is 13.7. The Morgan fingerprint density at radius 2 is 1.95 bits per heavy atom. The zero-order valence-electron chi connectivity index (χ0n) is 13.7. The van der Waals surface area contributed by atoms with Crippen LogP contribution in [0.2, 0.25) is 0 Å². The number of fused-ring (bicyclic) bond motifs is 1. The van der Waals surface area contributed by atoms with Crippen LogP contribution in [0, 0.1) is 10.8 Å². The van der Waals surface area contributed by atoms with Gasteiger partial charge >= 0.3 is 0 Å². The molecule has 22 heavy (non-hydrogen) atoms. The highest BCUT2D eigenvalue weighted by Gasteiger charge is 2.55. The van der Waals surface area contributed by atoms with Crippen LogP contribution >= 0.6 is 0 Å². The first-order valence-electron chi connectivity index (χ1n) is 8.06. The highest BCUT2D eigenvalue weighted by molar-refractivity contribution is 5.88. The van der Waals surface area contributed by atoms with Crippen LogP contribution in [-0.2, 0) is 11.2 Å². The van der Waals surface area contributed by atoms with Crippen LogP contribution in [-0.4, -0.2) is 35.6 Å². The Hall–Kier alpha value is -1.61. The van der Waals surface area contributed by atoms with Crippen LogP contribution in [0.25, 0.3) is 0 Å². The summed E-state index contributed by atoms with van der Waals surface area (Å²) in [4.78, 5) is 14.9. The van der Waals surface area contributed by atoms with E-state index in [0.29, 0.717) is 13.0 Å². The lowest BCUT2D eigenvalue weighted by molar-refractivity contribution is -0.143. The normalized spacial score (nSPS) is 30.7. The van der Waals surface area contributed by atoms with Crippen molar-refractivity contribution in [2.45, 2.75) is 39.2 Å². The Morgan fingerprint density at radius 3 is 2.64 bits per heavy atom. The minimum Gasteiger partial charge on any atom is -0.392 e. The molecule has 118 valence electrons. The number of hydrogen-bond acceptors (Lipinski definition) is 2. The molecule has 1 fully saturated rings. The summed E-state index contributed by atoms with van der Waals surface area (Å²) in [5.74, 6) is 0.203. The molecule has 3 heteroatoms. The first-order chi connectivity index (χ1) is 10.4. The third kappa shape index (κ3) is 2.19. The highest BCUT2D eigenvalue weighted by atomic mass is 16.3. The predicted molar refractivity (Wildman–Crippen MR) is 87.3 cm³/mol. The Balaban J connectivity index is 2.08. The second-order valence-electron chi connectivity index (χ2n) is 7.32. The molecule has 1 aliphatic carbocycles. The van der Waals surface area contributed by atoms with Crippen LogP contribution < -0.4 is 0 Å². The van der Waals surface area contributed by atoms with Gasteiger partial charge in [-0.1, -0.05) is 50.3 Å². The number of nitrogens with zero attached hydrogens (tertiary/aromatic N) is 1. The van der Waals surface area contributed by atoms with Crippen molar-refractivity contribution in [3.05, 3.63) is 47.5 Å². The van der Waals surface area contributed by atoms with Crippen molar-refractivity contribution in [1.29, 1.82) is 0 Å². The van der Waals surface area contributed by atoms with E-state index in [0.717, 1.165) is 18.4 Å². The van der Waals surface area contributed by atoms with E-state index in [4.69, 9.17) is 0 Å². The van der Waals surface area contributed by atoms with E-state index in [1.54, 1.807) is 0 Å². The van der Waals surface area contributed by atoms with Gasteiger partial charge in [0, 0.05) is 19.0 Å². The first-order valence-corrected chi connectivity index (χ1v) is 8.06. The number of carbonyl (C=O) groups excluding carboxylic acids is 1. The summed E-state index contributed by atoms with van der Waals surface area (Å²) in [6, 6.07) is 10.2. The molecule has 1 N–H and O–H groups in total. The van der Waals surface area contributed by atoms with Crippen LogP contribution in [0.5, 0.6) is 0 Å². The minimum atomic E-state index is -0.489. The second-order valence-corrected chi connectivity index (χ2v) is 7.32. The monoisotopic (exact) mass is 299 g/mol. The third-order valence-electron chi connectivity index (χ3n) is 5.56. The molecule has 3 rings (SSSR count). The van der Waals surface area contributed by atoms with Gasteiger partial charge in [0.25, 0.3) is 0 Å². The maximum absolute atomic E-state index is 13.1. The smallest absolute Gasteiger partial charge is 0.233 e. The molecule has 1 amide bonds. The molecule has 1 saturated carbocycles. The molecule has 1 aliphatic heterocycles. The molecular formula is C19H25NO2. The number of hydrogen-bond donors (Lipinski definition) is 1. The van der Waals surface area contributed by atoms with Gasteiger partial charge in [-0.2, -0.15) is 0 Å². The van der Waals surface area contributed by atoms with E-state index in [-0.39, 0.29) is 17.4 Å². The topological polar surface area (TPSA) is 40.5 Å². The molecule has 1 aromatic rings. The van der Waals surface area contributed by atoms with Gasteiger partial charge in [-0.3, -0.25) is 4.79 Å². The number of aliphatic hydroxyl groups excluding tert-OH is 1. The summed E-state index contributed by atoms with van der Waals surface area (Å²) in [6.07, 6.45) is 3.92. The van der Waals surface area contributed by atoms with Crippen LogP contribution in [0.3, 0.4) is 0 Å². The predicted octanol–water partition coefficient (Wildman–Crippen LogP) is 2.79. The summed E-state index contributed by atoms with van der Waals surface area (Å²) in [5, 5.41) is 10.4. The summed E-state index contributed by atoms with van der Waals surface area (Å²) < 4.78 is 0. The lowest BCUT2D eigenvalue weighted by Gasteiger charge is -2.52. The van der Waals surface area contributed by atoms with Crippen molar-refractivity contribution >= 4 is 5.91 Å². The fourth-order valence-electron chi connectivity index (χ4n) is 4.24. The molecule has 0 bridgehead atoms. The largest absolute Gasteiger partial charge is 0.392 e. The van der Waals surface area contributed by atoms with Gasteiger partial charge in [0.1, 0.15) is 0 Å². The molecule has 1 heterocycles. The minimum absolute atomic E-state index is 0.203. The molecule has 0 aromatic heterocycles. The molecule has 2 unspecified atom stereocenters. The highest BCUT2D eigenvalue weighted by Crippen LogP contribution is 2.54. The van der Waals surface area contributed by atoms with Crippen LogP contribution in [0.15, 0.2) is 42.0 Å². The van der Waals surface area contributed by atoms with Gasteiger partial charge in [0.05, 0.1) is 11.5 Å². The fourth-order valence-corrected chi connectivity index (χ4v) is 4.24. The first kappa shape index (κ1) is 15.3. The summed E-state index contributed by atoms with van der Waals surface area (Å²) >= 11 is 0. The van der Waals surface area contributed by atoms with Gasteiger partial charge in [0.2, 0.25) is 5.91 Å². The van der Waals surface area contributed by atoms with Crippen molar-refractivity contribution in [2.75, 3.05) is 13.6 Å². The van der Waals surface area contributed by atoms with E-state index in [2.05, 4.69) is 32.1 Å². The Morgan fingerprint density at radius 1 is 1.27 bits per heavy atom. The Bertz CT molecular complexity index is 605. The van der Waals surface area contributed by atoms with Crippen molar-refractivity contribution in [3.8, 4) is 0 Å². The van der Waals surface area contributed by atoms with Gasteiger partial charge in [-0.15, -0.1) is 0 Å². The third-order valence-corrected chi connectivity index (χ3v) is 5.56. The molecule has 1 aromatic carbocycles. The maximum atomic E-state index is 13.1. The average molecular weight is 299 g/mol. The second kappa shape index (κ2) is 5.24. The number of likely N-dealkylation sites (N-methyl/N-ethyl adjacent to an activating group) is 1. The number of rotatable bonds is 2. The molecule has 2 aliphatic rings. The standard InChI is InChI=1S/C19H25NO2/c1-18(2)15-10-12-20(3)17(22)19(15,11-9-16(18)21)13-14-7-5-4-6-8-14/h4-8,10,16,21H,9,11-13H2,1-3H3. The van der Waals surface area contributed by atoms with Crippen LogP contribution in [0.4, 0.5) is 0 Å². The Kier molecular flexibility index (Phi) is 3.64. The molecule has 0 saturated heterocycles. The van der Waals surface area contributed by atoms with Crippen molar-refractivity contribution in [2.24, 2.45) is 10.8 Å². The lowest BCUT2D eigenvalue weighted by Crippen LogP contribution is -2.56. The molecule has 0 radical (unpaired) electrons. The quantitative estimate of drug-likeness (QED) is 0.853. The molecule has 0 spiro atoms. The maximum Gasteiger partial charge on any atom is 0.233 e. The summed E-state index contributed by atoms with van der Waals surface area (Å²) in [6.45, 7) is 4.78. The van der Waals surface area contributed by atoms with Gasteiger partial charge in [-0.05, 0) is 30.4 Å². The summed E-state index contributed by atoms with van der Waals surface area (Å²) in [5.41, 5.74) is 1.48. The van der Waals surface area contributed by atoms with E-state index in [9.17, 15) is 9.90 Å². The molecular weight excluding hydrogens is 274 g/mol. The van der Waals surface area contributed by atoms with E-state index >= 15 is 0 Å². The average Bonchev–Trinajstić information content (AvgIpc) is 2.49. The van der Waals surface area contributed by atoms with Gasteiger partial charge in [-0.25, -0.2) is 0 Å². The molecule has 3 nitrogen and oxygen atoms in total. The number of benzene rings is 1. The van der Waals surface area contributed by atoms with E-state index in [1.165, 1.54) is 5.56 Å². The van der Waals surface area contributed by atoms with Gasteiger partial charge in [0.15, 0.2) is 0 Å². The number of carbonyl (C=O) groups is 1. The van der Waals surface area contributed by atoms with Gasteiger partial charge < -0.3 is 10.0 Å². The number of amides is 1. The summed E-state index contributed by atoms with van der Waals surface area (Å²) in [7, 11) is 1.88. The van der Waals surface area contributed by atoms with Crippen molar-refractivity contribution < 1.29 is 9.90 Å². The van der Waals surface area contributed by atoms with Crippen molar-refractivity contribution in [1.82, 2.24) is 4.90 Å². The van der Waals surface area contributed by atoms with E-state index < -0.39 is 5.41 Å². The fraction of sp³-hybridized carbons (Fsp3) is 0.526. The van der Waals surface area contributed by atoms with Crippen molar-refractivity contribution in [3.63, 3.8) is 0 Å². The number of aliphatic hydroxyl groups is 1. The SMILES string of the molecule is CN1CC=C2C(Cc3ccccc3)(CCC(O)C2(C)C)C1=O.